The monoisotopic (exact) mass is 739 g/mol. The van der Waals surface area contributed by atoms with Crippen LogP contribution >= 0.6 is 0 Å². The van der Waals surface area contributed by atoms with E-state index in [0.717, 1.165) is 17.1 Å². The highest BCUT2D eigenvalue weighted by atomic mass is 15.1. The molecule has 0 radical (unpaired) electrons. The topological polar surface area (TPSA) is 3.24 Å². The minimum atomic E-state index is -0.0844. The molecule has 0 bridgehead atoms. The first-order valence-electron chi connectivity index (χ1n) is 20.3. The van der Waals surface area contributed by atoms with E-state index in [9.17, 15) is 0 Å². The van der Waals surface area contributed by atoms with Gasteiger partial charge >= 0.3 is 0 Å². The van der Waals surface area contributed by atoms with Crippen LogP contribution in [0.2, 0.25) is 0 Å². The van der Waals surface area contributed by atoms with Crippen LogP contribution in [-0.2, 0) is 5.41 Å². The highest BCUT2D eigenvalue weighted by Crippen LogP contribution is 2.51. The predicted molar refractivity (Wildman–Crippen MR) is 248 cm³/mol. The minimum Gasteiger partial charge on any atom is -0.310 e. The van der Waals surface area contributed by atoms with Crippen molar-refractivity contribution in [1.82, 2.24) is 0 Å². The van der Waals surface area contributed by atoms with Crippen molar-refractivity contribution in [2.24, 2.45) is 0 Å². The largest absolute Gasteiger partial charge is 0.310 e. The van der Waals surface area contributed by atoms with E-state index < -0.39 is 0 Å². The Morgan fingerprint density at radius 1 is 0.310 bits per heavy atom. The van der Waals surface area contributed by atoms with Crippen molar-refractivity contribution in [1.29, 1.82) is 0 Å². The number of hydrogen-bond donors (Lipinski definition) is 0. The van der Waals surface area contributed by atoms with Gasteiger partial charge in [0, 0.05) is 22.4 Å². The lowest BCUT2D eigenvalue weighted by Crippen LogP contribution is -2.15. The Hall–Kier alpha value is -7.22. The molecule has 0 amide bonds. The second-order valence-electron chi connectivity index (χ2n) is 16.1. The quantitative estimate of drug-likeness (QED) is 0.154. The van der Waals surface area contributed by atoms with Crippen molar-refractivity contribution in [2.45, 2.75) is 19.3 Å². The standard InChI is InChI=1S/C57H41N/c1-57(2)54-20-9-7-17-52(54)53-35-29-44(37-55(53)57)49-16-8-10-21-56(49)58(45-30-24-39(25-31-45)43-23-22-38-12-3-4-14-42(38)36-43)46-32-26-41(27-33-46)48-18-11-19-50-47-15-6-5-13-40(47)28-34-51(48)50/h3-37H,1-2H3. The molecule has 0 heterocycles. The van der Waals surface area contributed by atoms with Gasteiger partial charge < -0.3 is 4.90 Å². The van der Waals surface area contributed by atoms with Crippen molar-refractivity contribution in [3.8, 4) is 44.5 Å². The highest BCUT2D eigenvalue weighted by Gasteiger charge is 2.35. The van der Waals surface area contributed by atoms with Gasteiger partial charge in [-0.15, -0.1) is 0 Å². The molecule has 0 saturated heterocycles. The van der Waals surface area contributed by atoms with E-state index in [0.29, 0.717) is 0 Å². The van der Waals surface area contributed by atoms with Gasteiger partial charge in [0.05, 0.1) is 5.69 Å². The molecule has 11 rings (SSSR count). The third kappa shape index (κ3) is 5.54. The first-order valence-corrected chi connectivity index (χ1v) is 20.3. The molecule has 0 atom stereocenters. The summed E-state index contributed by atoms with van der Waals surface area (Å²) < 4.78 is 0. The molecule has 1 heteroatoms. The second kappa shape index (κ2) is 13.5. The zero-order valence-corrected chi connectivity index (χ0v) is 32.7. The number of anilines is 3. The molecule has 0 spiro atoms. The second-order valence-corrected chi connectivity index (χ2v) is 16.1. The van der Waals surface area contributed by atoms with Crippen molar-refractivity contribution in [3.63, 3.8) is 0 Å². The Labute approximate surface area is 340 Å². The van der Waals surface area contributed by atoms with Crippen LogP contribution in [0.1, 0.15) is 25.0 Å². The molecule has 0 aromatic heterocycles. The zero-order valence-electron chi connectivity index (χ0n) is 32.7. The summed E-state index contributed by atoms with van der Waals surface area (Å²) in [5, 5.41) is 7.60. The number of fused-ring (bicyclic) bond motifs is 7. The molecule has 0 saturated carbocycles. The molecule has 1 aliphatic rings. The number of para-hydroxylation sites is 1. The number of benzene rings is 10. The van der Waals surface area contributed by atoms with E-state index in [1.807, 2.05) is 0 Å². The maximum absolute atomic E-state index is 2.43. The van der Waals surface area contributed by atoms with Crippen LogP contribution in [0.5, 0.6) is 0 Å². The summed E-state index contributed by atoms with van der Waals surface area (Å²) in [6, 6.07) is 78.2. The number of rotatable bonds is 6. The van der Waals surface area contributed by atoms with Gasteiger partial charge in [-0.3, -0.25) is 0 Å². The summed E-state index contributed by atoms with van der Waals surface area (Å²) >= 11 is 0. The Balaban J connectivity index is 1.04. The highest BCUT2D eigenvalue weighted by molar-refractivity contribution is 6.12. The molecule has 0 N–H and O–H groups in total. The average molecular weight is 740 g/mol. The predicted octanol–water partition coefficient (Wildman–Crippen LogP) is 15.9. The summed E-state index contributed by atoms with van der Waals surface area (Å²) in [5.74, 6) is 0. The molecular weight excluding hydrogens is 699 g/mol. The fourth-order valence-corrected chi connectivity index (χ4v) is 9.47. The van der Waals surface area contributed by atoms with Gasteiger partial charge in [0.15, 0.2) is 0 Å². The van der Waals surface area contributed by atoms with Crippen LogP contribution in [0.15, 0.2) is 212 Å². The summed E-state index contributed by atoms with van der Waals surface area (Å²) in [6.45, 7) is 4.72. The van der Waals surface area contributed by atoms with E-state index in [1.165, 1.54) is 88.0 Å². The van der Waals surface area contributed by atoms with Crippen LogP contribution in [0, 0.1) is 0 Å². The minimum absolute atomic E-state index is 0.0844. The van der Waals surface area contributed by atoms with Crippen molar-refractivity contribution in [3.05, 3.63) is 223 Å². The van der Waals surface area contributed by atoms with Gasteiger partial charge in [0.25, 0.3) is 0 Å². The maximum Gasteiger partial charge on any atom is 0.0540 e. The van der Waals surface area contributed by atoms with Gasteiger partial charge in [-0.1, -0.05) is 184 Å². The summed E-state index contributed by atoms with van der Waals surface area (Å²) in [4.78, 5) is 2.42. The average Bonchev–Trinajstić information content (AvgIpc) is 3.52. The van der Waals surface area contributed by atoms with E-state index in [1.54, 1.807) is 0 Å². The Morgan fingerprint density at radius 2 is 0.879 bits per heavy atom. The van der Waals surface area contributed by atoms with Crippen LogP contribution in [0.3, 0.4) is 0 Å². The lowest BCUT2D eigenvalue weighted by atomic mass is 9.81. The SMILES string of the molecule is CC1(C)c2ccccc2-c2ccc(-c3ccccc3N(c3ccc(-c4ccc5ccccc5c4)cc3)c3ccc(-c4cccc5c4ccc4ccccc45)cc3)cc21. The van der Waals surface area contributed by atoms with Crippen LogP contribution in [-0.4, -0.2) is 0 Å². The van der Waals surface area contributed by atoms with Gasteiger partial charge in [0.1, 0.15) is 0 Å². The molecule has 10 aromatic carbocycles. The molecule has 1 aliphatic carbocycles. The third-order valence-electron chi connectivity index (χ3n) is 12.5. The molecule has 10 aromatic rings. The van der Waals surface area contributed by atoms with Gasteiger partial charge in [-0.25, -0.2) is 0 Å². The number of nitrogens with zero attached hydrogens (tertiary/aromatic N) is 1. The molecule has 58 heavy (non-hydrogen) atoms. The smallest absolute Gasteiger partial charge is 0.0540 e. The Bertz CT molecular complexity index is 3190. The van der Waals surface area contributed by atoms with E-state index in [2.05, 4.69) is 231 Å². The first kappa shape index (κ1) is 34.1. The fourth-order valence-electron chi connectivity index (χ4n) is 9.47. The zero-order chi connectivity index (χ0) is 38.8. The summed E-state index contributed by atoms with van der Waals surface area (Å²) in [5.41, 5.74) is 16.0. The summed E-state index contributed by atoms with van der Waals surface area (Å²) in [7, 11) is 0. The van der Waals surface area contributed by atoms with E-state index in [4.69, 9.17) is 0 Å². The maximum atomic E-state index is 2.43. The fraction of sp³-hybridized carbons (Fsp3) is 0.0526. The van der Waals surface area contributed by atoms with Crippen LogP contribution in [0.25, 0.3) is 76.8 Å². The summed E-state index contributed by atoms with van der Waals surface area (Å²) in [6.07, 6.45) is 0. The lowest BCUT2D eigenvalue weighted by Gasteiger charge is -2.29. The lowest BCUT2D eigenvalue weighted by molar-refractivity contribution is 0.660. The Kier molecular flexibility index (Phi) is 7.91. The number of hydrogen-bond acceptors (Lipinski definition) is 1. The molecular formula is C57H41N. The molecule has 274 valence electrons. The Morgan fingerprint density at radius 3 is 1.69 bits per heavy atom. The van der Waals surface area contributed by atoms with E-state index in [-0.39, 0.29) is 5.41 Å². The molecule has 0 unspecified atom stereocenters. The van der Waals surface area contributed by atoms with Crippen molar-refractivity contribution < 1.29 is 0 Å². The van der Waals surface area contributed by atoms with Gasteiger partial charge in [-0.2, -0.15) is 0 Å². The van der Waals surface area contributed by atoms with E-state index >= 15 is 0 Å². The van der Waals surface area contributed by atoms with Gasteiger partial charge in [-0.05, 0) is 125 Å². The third-order valence-corrected chi connectivity index (χ3v) is 12.5. The normalized spacial score (nSPS) is 12.8. The van der Waals surface area contributed by atoms with Crippen molar-refractivity contribution in [2.75, 3.05) is 4.90 Å². The van der Waals surface area contributed by atoms with Crippen LogP contribution < -0.4 is 4.90 Å². The molecule has 0 fully saturated rings. The van der Waals surface area contributed by atoms with Gasteiger partial charge in [0.2, 0.25) is 0 Å². The van der Waals surface area contributed by atoms with Crippen molar-refractivity contribution >= 4 is 49.4 Å². The van der Waals surface area contributed by atoms with Crippen LogP contribution in [0.4, 0.5) is 17.1 Å². The molecule has 0 aliphatic heterocycles. The first-order chi connectivity index (χ1) is 28.5. The molecule has 1 nitrogen and oxygen atoms in total.